The molecule has 1 atom stereocenters. The number of ketones is 1. The van der Waals surface area contributed by atoms with Gasteiger partial charge in [-0.25, -0.2) is 13.8 Å². The van der Waals surface area contributed by atoms with Crippen molar-refractivity contribution in [2.75, 3.05) is 6.54 Å². The van der Waals surface area contributed by atoms with Crippen LogP contribution in [0.2, 0.25) is 0 Å². The summed E-state index contributed by atoms with van der Waals surface area (Å²) in [7, 11) is 0. The number of pyridine rings is 1. The molecule has 0 aliphatic heterocycles. The number of nitrogens with zero attached hydrogens (tertiary/aromatic N) is 2. The van der Waals surface area contributed by atoms with E-state index in [4.69, 9.17) is 10.8 Å². The second-order valence-corrected chi connectivity index (χ2v) is 10.2. The summed E-state index contributed by atoms with van der Waals surface area (Å²) in [6.07, 6.45) is 14.6. The van der Waals surface area contributed by atoms with Crippen LogP contribution in [0, 0.1) is 5.92 Å². The lowest BCUT2D eigenvalue weighted by Crippen LogP contribution is -2.23. The van der Waals surface area contributed by atoms with Gasteiger partial charge in [-0.05, 0) is 74.6 Å². The molecular formula is C34H47F2N5O4. The summed E-state index contributed by atoms with van der Waals surface area (Å²) < 4.78 is 23.3. The first-order valence-electron chi connectivity index (χ1n) is 14.6. The molecule has 0 spiro atoms. The minimum atomic E-state index is -2.91. The summed E-state index contributed by atoms with van der Waals surface area (Å²) in [5.41, 5.74) is 10.9. The summed E-state index contributed by atoms with van der Waals surface area (Å²) in [5, 5.41) is 13.6. The topological polar surface area (TPSA) is 147 Å². The fourth-order valence-corrected chi connectivity index (χ4v) is 3.34. The smallest absolute Gasteiger partial charge is 0.312 e. The number of aliphatic imine (C=N–C) groups is 1. The number of carbonyl (C=O) groups is 3. The van der Waals surface area contributed by atoms with Gasteiger partial charge in [0.1, 0.15) is 11.7 Å². The van der Waals surface area contributed by atoms with Gasteiger partial charge in [0.15, 0.2) is 5.78 Å². The number of nitrogens with two attached hydrogens (primary N) is 1. The molecule has 1 heterocycles. The first-order chi connectivity index (χ1) is 21.2. The molecule has 246 valence electrons. The minimum absolute atomic E-state index is 0.186. The molecule has 1 unspecified atom stereocenters. The second-order valence-electron chi connectivity index (χ2n) is 10.2. The van der Waals surface area contributed by atoms with E-state index in [0.29, 0.717) is 34.8 Å². The van der Waals surface area contributed by atoms with Crippen molar-refractivity contribution in [3.63, 3.8) is 0 Å². The summed E-state index contributed by atoms with van der Waals surface area (Å²) in [5.74, 6) is -5.50. The average Bonchev–Trinajstić information content (AvgIpc) is 3.64. The van der Waals surface area contributed by atoms with Crippen LogP contribution in [-0.4, -0.2) is 46.9 Å². The van der Waals surface area contributed by atoms with Crippen LogP contribution in [0.1, 0.15) is 73.3 Å². The number of hydrogen-bond donors (Lipinski definition) is 4. The summed E-state index contributed by atoms with van der Waals surface area (Å²) in [6, 6.07) is 3.84. The van der Waals surface area contributed by atoms with E-state index < -0.39 is 24.2 Å². The maximum atomic E-state index is 13.0. The van der Waals surface area contributed by atoms with Crippen LogP contribution in [0.25, 0.3) is 5.57 Å². The SMILES string of the molecule is C=C(/N=C\C=C(/C)c1cccnc1)NC/C(C(=O)/C(C)=C/C=C(NC=O)\C(C)=C\CC)=C(\C)N.CCC.O=C(O)C1CC1(F)F. The van der Waals surface area contributed by atoms with Gasteiger partial charge in [-0.1, -0.05) is 52.0 Å². The maximum absolute atomic E-state index is 13.0. The van der Waals surface area contributed by atoms with E-state index in [-0.39, 0.29) is 12.3 Å². The highest BCUT2D eigenvalue weighted by molar-refractivity contribution is 6.08. The molecule has 1 aromatic heterocycles. The Hall–Kier alpha value is -4.67. The molecule has 0 aromatic carbocycles. The molecule has 0 radical (unpaired) electrons. The monoisotopic (exact) mass is 627 g/mol. The fraction of sp³-hybridized carbons (Fsp3) is 0.382. The van der Waals surface area contributed by atoms with Crippen LogP contribution in [0.15, 0.2) is 94.3 Å². The van der Waals surface area contributed by atoms with Gasteiger partial charge < -0.3 is 21.5 Å². The largest absolute Gasteiger partial charge is 0.481 e. The zero-order valence-electron chi connectivity index (χ0n) is 27.3. The normalized spacial score (nSPS) is 16.7. The molecule has 0 saturated heterocycles. The van der Waals surface area contributed by atoms with Crippen LogP contribution in [-0.2, 0) is 14.4 Å². The Bertz CT molecular complexity index is 1340. The van der Waals surface area contributed by atoms with Crippen molar-refractivity contribution in [3.8, 4) is 0 Å². The summed E-state index contributed by atoms with van der Waals surface area (Å²) >= 11 is 0. The van der Waals surface area contributed by atoms with Crippen LogP contribution in [0.3, 0.4) is 0 Å². The lowest BCUT2D eigenvalue weighted by atomic mass is 10.0. The zero-order chi connectivity index (χ0) is 34.6. The number of aromatic nitrogens is 1. The molecule has 11 heteroatoms. The van der Waals surface area contributed by atoms with Gasteiger partial charge in [0.25, 0.3) is 5.92 Å². The van der Waals surface area contributed by atoms with E-state index in [0.717, 1.165) is 23.1 Å². The predicted molar refractivity (Wildman–Crippen MR) is 177 cm³/mol. The number of hydrogen-bond acceptors (Lipinski definition) is 7. The second kappa shape index (κ2) is 21.1. The number of carboxylic acid groups (broad SMARTS) is 1. The molecule has 1 aliphatic carbocycles. The first-order valence-corrected chi connectivity index (χ1v) is 14.6. The van der Waals surface area contributed by atoms with E-state index in [1.54, 1.807) is 44.6 Å². The van der Waals surface area contributed by atoms with E-state index in [1.165, 1.54) is 6.42 Å². The van der Waals surface area contributed by atoms with Gasteiger partial charge >= 0.3 is 5.97 Å². The number of alkyl halides is 2. The number of aliphatic carboxylic acids is 1. The third-order valence-electron chi connectivity index (χ3n) is 6.02. The minimum Gasteiger partial charge on any atom is -0.481 e. The molecular weight excluding hydrogens is 580 g/mol. The molecule has 9 nitrogen and oxygen atoms in total. The van der Waals surface area contributed by atoms with Crippen molar-refractivity contribution in [1.82, 2.24) is 15.6 Å². The van der Waals surface area contributed by atoms with Crippen LogP contribution >= 0.6 is 0 Å². The molecule has 0 bridgehead atoms. The zero-order valence-corrected chi connectivity index (χ0v) is 27.3. The number of carboxylic acids is 1. The molecule has 1 aliphatic rings. The van der Waals surface area contributed by atoms with Gasteiger partial charge in [0.05, 0.1) is 0 Å². The number of nitrogens with one attached hydrogen (secondary N) is 2. The Morgan fingerprint density at radius 3 is 2.22 bits per heavy atom. The van der Waals surface area contributed by atoms with E-state index in [9.17, 15) is 23.2 Å². The third kappa shape index (κ3) is 16.1. The number of allylic oxidation sites excluding steroid dienone is 8. The Kier molecular flexibility index (Phi) is 18.9. The fourth-order valence-electron chi connectivity index (χ4n) is 3.34. The molecule has 1 fully saturated rings. The van der Waals surface area contributed by atoms with Crippen molar-refractivity contribution < 1.29 is 28.3 Å². The Labute approximate surface area is 265 Å². The Morgan fingerprint density at radius 2 is 1.78 bits per heavy atom. The molecule has 1 saturated carbocycles. The van der Waals surface area contributed by atoms with Crippen molar-refractivity contribution in [3.05, 3.63) is 94.9 Å². The third-order valence-corrected chi connectivity index (χ3v) is 6.02. The number of amides is 1. The van der Waals surface area contributed by atoms with Gasteiger partial charge in [-0.3, -0.25) is 19.4 Å². The van der Waals surface area contributed by atoms with Crippen molar-refractivity contribution in [1.29, 1.82) is 0 Å². The van der Waals surface area contributed by atoms with Gasteiger partial charge in [-0.2, -0.15) is 0 Å². The van der Waals surface area contributed by atoms with Crippen molar-refractivity contribution in [2.45, 2.75) is 73.7 Å². The molecule has 1 aromatic rings. The lowest BCUT2D eigenvalue weighted by Gasteiger charge is -2.11. The maximum Gasteiger partial charge on any atom is 0.312 e. The molecule has 45 heavy (non-hydrogen) atoms. The van der Waals surface area contributed by atoms with Gasteiger partial charge in [-0.15, -0.1) is 0 Å². The lowest BCUT2D eigenvalue weighted by molar-refractivity contribution is -0.140. The van der Waals surface area contributed by atoms with Crippen molar-refractivity contribution in [2.24, 2.45) is 16.6 Å². The Balaban J connectivity index is 0.00000148. The number of halogens is 2. The van der Waals surface area contributed by atoms with Gasteiger partial charge in [0, 0.05) is 48.5 Å². The standard InChI is InChI=1S/C27H35N5O2.C4H4F2O2.C3H8/c1-7-9-20(3)26(32-18-33)12-11-21(4)27(34)25(22(5)28)17-31-23(6)30-15-13-19(2)24-10-8-14-29-16-24;5-4(6)1-2(4)3(7)8;1-3-2/h8-16,18,31H,6-7,17,28H2,1-5H3,(H,32,33);2H,1H2,(H,7,8);3H2,1-2H3/b19-13+,20-9+,21-11+,25-22-,26-12+,30-15-;;. The van der Waals surface area contributed by atoms with E-state index in [2.05, 4.69) is 41.0 Å². The highest BCUT2D eigenvalue weighted by atomic mass is 19.3. The van der Waals surface area contributed by atoms with Crippen LogP contribution in [0.5, 0.6) is 0 Å². The van der Waals surface area contributed by atoms with Crippen molar-refractivity contribution >= 4 is 30.0 Å². The average molecular weight is 628 g/mol. The highest BCUT2D eigenvalue weighted by Gasteiger charge is 2.61. The molecule has 5 N–H and O–H groups in total. The number of carbonyl (C=O) groups excluding carboxylic acids is 2. The molecule has 1 amide bonds. The quantitative estimate of drug-likeness (QED) is 0.0798. The Morgan fingerprint density at radius 1 is 1.16 bits per heavy atom. The molecule has 2 rings (SSSR count). The predicted octanol–water partition coefficient (Wildman–Crippen LogP) is 6.49. The summed E-state index contributed by atoms with van der Waals surface area (Å²) in [6.45, 7) is 17.6. The van der Waals surface area contributed by atoms with Crippen LogP contribution < -0.4 is 16.4 Å². The number of rotatable bonds is 14. The van der Waals surface area contributed by atoms with E-state index >= 15 is 0 Å². The highest BCUT2D eigenvalue weighted by Crippen LogP contribution is 2.48. The number of Topliss-reactive ketones (excluding diaryl/α,β-unsaturated/α-hetero) is 1. The van der Waals surface area contributed by atoms with Crippen LogP contribution in [0.4, 0.5) is 8.78 Å². The summed E-state index contributed by atoms with van der Waals surface area (Å²) in [4.78, 5) is 41.9. The first kappa shape index (κ1) is 40.3. The van der Waals surface area contributed by atoms with E-state index in [1.807, 2.05) is 45.1 Å². The van der Waals surface area contributed by atoms with Gasteiger partial charge in [0.2, 0.25) is 6.41 Å².